The molecule has 5 nitrogen and oxygen atoms in total. The summed E-state index contributed by atoms with van der Waals surface area (Å²) in [5.74, 6) is 0. The molecule has 0 amide bonds. The molecule has 0 aliphatic rings. The van der Waals surface area contributed by atoms with E-state index in [0.717, 1.165) is 43.8 Å². The topological polar surface area (TPSA) is 51.0 Å². The standard InChI is InChI=1S/C28H25ClN4OS2/c1-32(18-20-12-14-30-15-13-20)19-22-17-26(33(31-22)25-9-4-3-8-24(25)29)28-11-10-27(35-28)21-6-5-7-23(16-21)36(2)34/h3-17H,18-19H2,1-2H3. The average Bonchev–Trinajstić information content (AvgIpc) is 3.52. The van der Waals surface area contributed by atoms with Crippen molar-refractivity contribution in [2.24, 2.45) is 0 Å². The maximum Gasteiger partial charge on any atom is 0.0844 e. The van der Waals surface area contributed by atoms with E-state index in [1.165, 1.54) is 5.56 Å². The molecule has 1 unspecified atom stereocenters. The van der Waals surface area contributed by atoms with E-state index in [9.17, 15) is 4.21 Å². The van der Waals surface area contributed by atoms with E-state index in [1.807, 2.05) is 71.7 Å². The first kappa shape index (κ1) is 24.6. The highest BCUT2D eigenvalue weighted by Gasteiger charge is 2.17. The second-order valence-electron chi connectivity index (χ2n) is 8.56. The second kappa shape index (κ2) is 10.9. The zero-order valence-corrected chi connectivity index (χ0v) is 22.4. The van der Waals surface area contributed by atoms with Crippen LogP contribution in [-0.2, 0) is 23.9 Å². The molecule has 0 saturated carbocycles. The van der Waals surface area contributed by atoms with E-state index in [0.29, 0.717) is 11.6 Å². The van der Waals surface area contributed by atoms with Gasteiger partial charge in [0.25, 0.3) is 0 Å². The summed E-state index contributed by atoms with van der Waals surface area (Å²) in [6, 6.07) is 26.1. The zero-order chi connectivity index (χ0) is 25.1. The molecular formula is C28H25ClN4OS2. The molecule has 0 fully saturated rings. The molecule has 0 N–H and O–H groups in total. The quantitative estimate of drug-likeness (QED) is 0.223. The van der Waals surface area contributed by atoms with Crippen molar-refractivity contribution in [3.8, 4) is 26.7 Å². The van der Waals surface area contributed by atoms with E-state index < -0.39 is 10.8 Å². The minimum atomic E-state index is -1.02. The summed E-state index contributed by atoms with van der Waals surface area (Å²) in [6.45, 7) is 1.49. The van der Waals surface area contributed by atoms with E-state index in [-0.39, 0.29) is 0 Å². The largest absolute Gasteiger partial charge is 0.296 e. The van der Waals surface area contributed by atoms with Crippen LogP contribution >= 0.6 is 22.9 Å². The first-order chi connectivity index (χ1) is 17.5. The molecular weight excluding hydrogens is 508 g/mol. The summed E-state index contributed by atoms with van der Waals surface area (Å²) in [6.07, 6.45) is 5.33. The fourth-order valence-corrected chi connectivity index (χ4v) is 5.86. The zero-order valence-electron chi connectivity index (χ0n) is 20.0. The average molecular weight is 533 g/mol. The van der Waals surface area contributed by atoms with Crippen LogP contribution in [0.25, 0.3) is 26.7 Å². The Bertz CT molecular complexity index is 1510. The predicted molar refractivity (Wildman–Crippen MR) is 149 cm³/mol. The van der Waals surface area contributed by atoms with Gasteiger partial charge in [-0.25, -0.2) is 4.68 Å². The van der Waals surface area contributed by atoms with Crippen molar-refractivity contribution < 1.29 is 4.21 Å². The molecule has 0 aliphatic heterocycles. The Labute approximate surface area is 222 Å². The summed E-state index contributed by atoms with van der Waals surface area (Å²) in [4.78, 5) is 9.35. The van der Waals surface area contributed by atoms with Crippen LogP contribution < -0.4 is 0 Å². The van der Waals surface area contributed by atoms with Crippen LogP contribution in [0.15, 0.2) is 96.2 Å². The van der Waals surface area contributed by atoms with Gasteiger partial charge in [0.05, 0.1) is 27.0 Å². The molecule has 0 spiro atoms. The van der Waals surface area contributed by atoms with Crippen molar-refractivity contribution >= 4 is 33.7 Å². The Balaban J connectivity index is 1.50. The first-order valence-corrected chi connectivity index (χ1v) is 14.2. The molecule has 5 aromatic rings. The summed E-state index contributed by atoms with van der Waals surface area (Å²) < 4.78 is 13.9. The number of para-hydroxylation sites is 1. The lowest BCUT2D eigenvalue weighted by Crippen LogP contribution is -2.17. The van der Waals surface area contributed by atoms with Gasteiger partial charge in [-0.05, 0) is 72.8 Å². The van der Waals surface area contributed by atoms with Gasteiger partial charge < -0.3 is 0 Å². The third kappa shape index (κ3) is 5.50. The first-order valence-electron chi connectivity index (χ1n) is 11.4. The highest BCUT2D eigenvalue weighted by Crippen LogP contribution is 2.37. The minimum absolute atomic E-state index is 0.647. The lowest BCUT2D eigenvalue weighted by Gasteiger charge is -2.15. The van der Waals surface area contributed by atoms with Crippen molar-refractivity contribution in [2.75, 3.05) is 13.3 Å². The molecule has 2 aromatic carbocycles. The van der Waals surface area contributed by atoms with Crippen LogP contribution in [0.1, 0.15) is 11.3 Å². The highest BCUT2D eigenvalue weighted by molar-refractivity contribution is 7.84. The Morgan fingerprint density at radius 3 is 2.50 bits per heavy atom. The lowest BCUT2D eigenvalue weighted by molar-refractivity contribution is 0.314. The smallest absolute Gasteiger partial charge is 0.0844 e. The van der Waals surface area contributed by atoms with Gasteiger partial charge in [-0.1, -0.05) is 35.9 Å². The van der Waals surface area contributed by atoms with Crippen molar-refractivity contribution in [1.29, 1.82) is 0 Å². The number of rotatable bonds is 8. The van der Waals surface area contributed by atoms with Gasteiger partial charge in [-0.2, -0.15) is 5.10 Å². The van der Waals surface area contributed by atoms with Gasteiger partial charge in [-0.15, -0.1) is 11.3 Å². The molecule has 3 aromatic heterocycles. The summed E-state index contributed by atoms with van der Waals surface area (Å²) >= 11 is 8.27. The molecule has 1 atom stereocenters. The van der Waals surface area contributed by atoms with Crippen molar-refractivity contribution in [1.82, 2.24) is 19.7 Å². The number of nitrogens with zero attached hydrogens (tertiary/aromatic N) is 4. The van der Waals surface area contributed by atoms with E-state index >= 15 is 0 Å². The summed E-state index contributed by atoms with van der Waals surface area (Å²) in [5.41, 5.74) is 5.05. The number of pyridine rings is 1. The highest BCUT2D eigenvalue weighted by atomic mass is 35.5. The number of hydrogen-bond acceptors (Lipinski definition) is 5. The Morgan fingerprint density at radius 2 is 1.72 bits per heavy atom. The van der Waals surface area contributed by atoms with Crippen LogP contribution in [-0.4, -0.2) is 37.2 Å². The molecule has 8 heteroatoms. The second-order valence-corrected chi connectivity index (χ2v) is 11.4. The predicted octanol–water partition coefficient (Wildman–Crippen LogP) is 6.69. The third-order valence-corrected chi connectivity index (χ3v) is 8.18. The fourth-order valence-electron chi connectivity index (χ4n) is 4.08. The molecule has 36 heavy (non-hydrogen) atoms. The van der Waals surface area contributed by atoms with Crippen molar-refractivity contribution in [3.05, 3.63) is 108 Å². The van der Waals surface area contributed by atoms with Crippen LogP contribution in [0.5, 0.6) is 0 Å². The molecule has 182 valence electrons. The molecule has 0 radical (unpaired) electrons. The SMILES string of the molecule is CN(Cc1ccncc1)Cc1cc(-c2ccc(-c3cccc(S(C)=O)c3)s2)n(-c2ccccc2Cl)n1. The van der Waals surface area contributed by atoms with Crippen LogP contribution in [0.3, 0.4) is 0 Å². The van der Waals surface area contributed by atoms with Crippen LogP contribution in [0.4, 0.5) is 0 Å². The maximum atomic E-state index is 12.0. The fraction of sp³-hybridized carbons (Fsp3) is 0.143. The molecule has 0 saturated heterocycles. The number of halogens is 1. The number of benzene rings is 2. The number of thiophene rings is 1. The van der Waals surface area contributed by atoms with Crippen molar-refractivity contribution in [3.63, 3.8) is 0 Å². The molecule has 3 heterocycles. The van der Waals surface area contributed by atoms with Gasteiger partial charge in [0, 0.05) is 52.3 Å². The van der Waals surface area contributed by atoms with Crippen LogP contribution in [0, 0.1) is 0 Å². The molecule has 5 rings (SSSR count). The number of hydrogen-bond donors (Lipinski definition) is 0. The number of aromatic nitrogens is 3. The summed E-state index contributed by atoms with van der Waals surface area (Å²) in [5, 5.41) is 5.61. The Kier molecular flexibility index (Phi) is 7.43. The molecule has 0 bridgehead atoms. The van der Waals surface area contributed by atoms with Crippen LogP contribution in [0.2, 0.25) is 5.02 Å². The van der Waals surface area contributed by atoms with Gasteiger partial charge in [0.1, 0.15) is 0 Å². The Morgan fingerprint density at radius 1 is 0.944 bits per heavy atom. The van der Waals surface area contributed by atoms with E-state index in [4.69, 9.17) is 16.7 Å². The van der Waals surface area contributed by atoms with Gasteiger partial charge in [0.15, 0.2) is 0 Å². The van der Waals surface area contributed by atoms with E-state index in [2.05, 4.69) is 41.2 Å². The third-order valence-electron chi connectivity index (χ3n) is 5.78. The normalized spacial score (nSPS) is 12.2. The summed E-state index contributed by atoms with van der Waals surface area (Å²) in [7, 11) is 1.06. The van der Waals surface area contributed by atoms with Crippen molar-refractivity contribution in [2.45, 2.75) is 18.0 Å². The molecule has 0 aliphatic carbocycles. The van der Waals surface area contributed by atoms with Gasteiger partial charge in [-0.3, -0.25) is 14.1 Å². The minimum Gasteiger partial charge on any atom is -0.296 e. The van der Waals surface area contributed by atoms with Gasteiger partial charge >= 0.3 is 0 Å². The van der Waals surface area contributed by atoms with E-state index in [1.54, 1.807) is 17.6 Å². The maximum absolute atomic E-state index is 12.0. The van der Waals surface area contributed by atoms with Gasteiger partial charge in [0.2, 0.25) is 0 Å². The monoisotopic (exact) mass is 532 g/mol. The lowest BCUT2D eigenvalue weighted by atomic mass is 10.2. The Hall–Kier alpha value is -3.10.